The van der Waals surface area contributed by atoms with Crippen molar-refractivity contribution >= 4 is 0 Å². The standard InChI is InChI=1S/C12H15NO/c1-3-11-6-4-5-7-12(11)14-9-10(2)8-13/h4-7,10H,3,9H2,1-2H3. The molecule has 2 nitrogen and oxygen atoms in total. The first-order valence-electron chi connectivity index (χ1n) is 4.88. The van der Waals surface area contributed by atoms with Gasteiger partial charge in [0.1, 0.15) is 12.4 Å². The summed E-state index contributed by atoms with van der Waals surface area (Å²) >= 11 is 0. The molecule has 1 aromatic carbocycles. The van der Waals surface area contributed by atoms with Gasteiger partial charge in [-0.1, -0.05) is 25.1 Å². The number of aryl methyl sites for hydroxylation is 1. The maximum atomic E-state index is 8.61. The Morgan fingerprint density at radius 3 is 2.79 bits per heavy atom. The third-order valence-corrected chi connectivity index (χ3v) is 2.06. The van der Waals surface area contributed by atoms with Gasteiger partial charge in [-0.15, -0.1) is 0 Å². The van der Waals surface area contributed by atoms with Crippen LogP contribution >= 0.6 is 0 Å². The van der Waals surface area contributed by atoms with Crippen molar-refractivity contribution in [1.82, 2.24) is 0 Å². The number of para-hydroxylation sites is 1. The van der Waals surface area contributed by atoms with Gasteiger partial charge in [0.05, 0.1) is 12.0 Å². The Balaban J connectivity index is 2.63. The molecule has 0 saturated heterocycles. The lowest BCUT2D eigenvalue weighted by atomic mass is 10.1. The molecule has 0 saturated carbocycles. The first-order valence-corrected chi connectivity index (χ1v) is 4.88. The molecule has 0 N–H and O–H groups in total. The van der Waals surface area contributed by atoms with Gasteiger partial charge >= 0.3 is 0 Å². The van der Waals surface area contributed by atoms with E-state index in [1.165, 1.54) is 5.56 Å². The summed E-state index contributed by atoms with van der Waals surface area (Å²) in [5.41, 5.74) is 1.19. The van der Waals surface area contributed by atoms with E-state index in [1.54, 1.807) is 0 Å². The van der Waals surface area contributed by atoms with Crippen LogP contribution in [0.4, 0.5) is 0 Å². The highest BCUT2D eigenvalue weighted by atomic mass is 16.5. The zero-order valence-corrected chi connectivity index (χ0v) is 8.66. The van der Waals surface area contributed by atoms with Crippen LogP contribution in [0.15, 0.2) is 24.3 Å². The summed E-state index contributed by atoms with van der Waals surface area (Å²) in [5, 5.41) is 8.61. The minimum absolute atomic E-state index is 0.0556. The molecule has 0 bridgehead atoms. The van der Waals surface area contributed by atoms with E-state index in [4.69, 9.17) is 10.00 Å². The molecule has 0 radical (unpaired) electrons. The van der Waals surface area contributed by atoms with Crippen molar-refractivity contribution in [3.63, 3.8) is 0 Å². The van der Waals surface area contributed by atoms with E-state index in [9.17, 15) is 0 Å². The molecule has 1 aromatic rings. The second-order valence-corrected chi connectivity index (χ2v) is 3.30. The summed E-state index contributed by atoms with van der Waals surface area (Å²) in [6.45, 7) is 4.41. The maximum absolute atomic E-state index is 8.61. The Bertz CT molecular complexity index is 327. The topological polar surface area (TPSA) is 33.0 Å². The summed E-state index contributed by atoms with van der Waals surface area (Å²) in [6.07, 6.45) is 0.955. The third kappa shape index (κ3) is 2.77. The van der Waals surface area contributed by atoms with Gasteiger partial charge in [0, 0.05) is 0 Å². The molecular weight excluding hydrogens is 174 g/mol. The molecule has 1 unspecified atom stereocenters. The fraction of sp³-hybridized carbons (Fsp3) is 0.417. The molecule has 1 atom stereocenters. The molecule has 2 heteroatoms. The van der Waals surface area contributed by atoms with Gasteiger partial charge in [-0.05, 0) is 25.0 Å². The smallest absolute Gasteiger partial charge is 0.122 e. The summed E-state index contributed by atoms with van der Waals surface area (Å²) in [7, 11) is 0. The third-order valence-electron chi connectivity index (χ3n) is 2.06. The summed E-state index contributed by atoms with van der Waals surface area (Å²) < 4.78 is 5.56. The molecule has 0 aromatic heterocycles. The van der Waals surface area contributed by atoms with Gasteiger partial charge in [0.2, 0.25) is 0 Å². The summed E-state index contributed by atoms with van der Waals surface area (Å²) in [6, 6.07) is 10.1. The van der Waals surface area contributed by atoms with Crippen molar-refractivity contribution in [2.75, 3.05) is 6.61 Å². The van der Waals surface area contributed by atoms with Crippen LogP contribution in [0.3, 0.4) is 0 Å². The van der Waals surface area contributed by atoms with Gasteiger partial charge in [-0.3, -0.25) is 0 Å². The van der Waals surface area contributed by atoms with E-state index < -0.39 is 0 Å². The average Bonchev–Trinajstić information content (AvgIpc) is 2.26. The molecule has 1 rings (SSSR count). The van der Waals surface area contributed by atoms with E-state index in [2.05, 4.69) is 13.0 Å². The van der Waals surface area contributed by atoms with Gasteiger partial charge in [-0.25, -0.2) is 0 Å². The molecule has 0 spiro atoms. The minimum Gasteiger partial charge on any atom is -0.492 e. The van der Waals surface area contributed by atoms with Crippen molar-refractivity contribution < 1.29 is 4.74 Å². The van der Waals surface area contributed by atoms with Gasteiger partial charge in [0.15, 0.2) is 0 Å². The number of benzene rings is 1. The highest BCUT2D eigenvalue weighted by Gasteiger charge is 2.03. The number of hydrogen-bond donors (Lipinski definition) is 0. The summed E-state index contributed by atoms with van der Waals surface area (Å²) in [4.78, 5) is 0. The molecule has 74 valence electrons. The molecule has 0 amide bonds. The van der Waals surface area contributed by atoms with Crippen LogP contribution in [-0.2, 0) is 6.42 Å². The number of ether oxygens (including phenoxy) is 1. The van der Waals surface area contributed by atoms with Gasteiger partial charge in [0.25, 0.3) is 0 Å². The van der Waals surface area contributed by atoms with Crippen LogP contribution < -0.4 is 4.74 Å². The zero-order chi connectivity index (χ0) is 10.4. The Labute approximate surface area is 85.1 Å². The van der Waals surface area contributed by atoms with E-state index in [0.717, 1.165) is 12.2 Å². The number of rotatable bonds is 4. The first-order chi connectivity index (χ1) is 6.77. The quantitative estimate of drug-likeness (QED) is 0.729. The normalized spacial score (nSPS) is 11.8. The largest absolute Gasteiger partial charge is 0.492 e. The fourth-order valence-corrected chi connectivity index (χ4v) is 1.19. The summed E-state index contributed by atoms with van der Waals surface area (Å²) in [5.74, 6) is 0.844. The van der Waals surface area contributed by atoms with Crippen molar-refractivity contribution in [2.45, 2.75) is 20.3 Å². The predicted octanol–water partition coefficient (Wildman–Crippen LogP) is 2.79. The van der Waals surface area contributed by atoms with Crippen LogP contribution in [0.1, 0.15) is 19.4 Å². The first kappa shape index (κ1) is 10.6. The highest BCUT2D eigenvalue weighted by molar-refractivity contribution is 5.33. The lowest BCUT2D eigenvalue weighted by Gasteiger charge is -2.10. The Morgan fingerprint density at radius 2 is 2.14 bits per heavy atom. The molecular formula is C12H15NO. The molecule has 14 heavy (non-hydrogen) atoms. The van der Waals surface area contributed by atoms with Crippen LogP contribution in [0.2, 0.25) is 0 Å². The van der Waals surface area contributed by atoms with E-state index >= 15 is 0 Å². The average molecular weight is 189 g/mol. The van der Waals surface area contributed by atoms with Crippen molar-refractivity contribution in [3.8, 4) is 11.8 Å². The van der Waals surface area contributed by atoms with Crippen molar-refractivity contribution in [3.05, 3.63) is 29.8 Å². The number of nitrogens with zero attached hydrogens (tertiary/aromatic N) is 1. The Kier molecular flexibility index (Phi) is 4.00. The SMILES string of the molecule is CCc1ccccc1OCC(C)C#N. The van der Waals surface area contributed by atoms with Gasteiger partial charge < -0.3 is 4.74 Å². The van der Waals surface area contributed by atoms with E-state index in [-0.39, 0.29) is 5.92 Å². The molecule has 0 aliphatic carbocycles. The van der Waals surface area contributed by atoms with Crippen LogP contribution in [0.25, 0.3) is 0 Å². The molecule has 0 fully saturated rings. The zero-order valence-electron chi connectivity index (χ0n) is 8.66. The minimum atomic E-state index is -0.0556. The molecule has 0 aliphatic rings. The predicted molar refractivity (Wildman–Crippen MR) is 56.1 cm³/mol. The van der Waals surface area contributed by atoms with Crippen molar-refractivity contribution in [1.29, 1.82) is 5.26 Å². The molecule has 0 aliphatic heterocycles. The number of hydrogen-bond acceptors (Lipinski definition) is 2. The number of nitriles is 1. The lowest BCUT2D eigenvalue weighted by molar-refractivity contribution is 0.285. The lowest BCUT2D eigenvalue weighted by Crippen LogP contribution is -2.07. The second-order valence-electron chi connectivity index (χ2n) is 3.30. The van der Waals surface area contributed by atoms with Crippen LogP contribution in [-0.4, -0.2) is 6.61 Å². The van der Waals surface area contributed by atoms with Crippen molar-refractivity contribution in [2.24, 2.45) is 5.92 Å². The van der Waals surface area contributed by atoms with Gasteiger partial charge in [-0.2, -0.15) is 5.26 Å². The Morgan fingerprint density at radius 1 is 1.43 bits per heavy atom. The fourth-order valence-electron chi connectivity index (χ4n) is 1.19. The van der Waals surface area contributed by atoms with E-state index in [1.807, 2.05) is 31.2 Å². The Hall–Kier alpha value is -1.49. The van der Waals surface area contributed by atoms with Crippen LogP contribution in [0, 0.1) is 17.2 Å². The second kappa shape index (κ2) is 5.29. The maximum Gasteiger partial charge on any atom is 0.122 e. The molecule has 0 heterocycles. The monoisotopic (exact) mass is 189 g/mol. The van der Waals surface area contributed by atoms with Crippen LogP contribution in [0.5, 0.6) is 5.75 Å². The van der Waals surface area contributed by atoms with E-state index in [0.29, 0.717) is 6.61 Å². The highest BCUT2D eigenvalue weighted by Crippen LogP contribution is 2.18.